The topological polar surface area (TPSA) is 90.8 Å². The van der Waals surface area contributed by atoms with Crippen LogP contribution in [0.3, 0.4) is 0 Å². The fourth-order valence-electron chi connectivity index (χ4n) is 3.51. The number of nitrogen functional groups attached to an aromatic ring is 1. The van der Waals surface area contributed by atoms with Crippen LogP contribution in [0.4, 0.5) is 14.7 Å². The van der Waals surface area contributed by atoms with Crippen molar-refractivity contribution in [2.75, 3.05) is 25.4 Å². The molecule has 1 saturated heterocycles. The maximum absolute atomic E-state index is 13.4. The molecule has 2 aliphatic heterocycles. The molecular weight excluding hydrogens is 346 g/mol. The van der Waals surface area contributed by atoms with Gasteiger partial charge in [0.2, 0.25) is 5.95 Å². The van der Waals surface area contributed by atoms with Crippen molar-refractivity contribution >= 4 is 22.5 Å². The fraction of sp³-hybridized carbons (Fsp3) is 0.438. The number of rotatable bonds is 3. The Bertz CT molecular complexity index is 1020. The van der Waals surface area contributed by atoms with E-state index in [1.807, 2.05) is 0 Å². The highest BCUT2D eigenvalue weighted by molar-refractivity contribution is 5.97. The van der Waals surface area contributed by atoms with Crippen molar-refractivity contribution in [3.8, 4) is 11.5 Å². The van der Waals surface area contributed by atoms with Crippen LogP contribution in [-0.4, -0.2) is 50.4 Å². The summed E-state index contributed by atoms with van der Waals surface area (Å²) in [6.07, 6.45) is -0.588. The van der Waals surface area contributed by atoms with Crippen LogP contribution in [0.5, 0.6) is 11.5 Å². The molecule has 10 heteroatoms. The first-order chi connectivity index (χ1) is 12.5. The lowest BCUT2D eigenvalue weighted by Crippen LogP contribution is -2.26. The molecule has 8 nitrogen and oxygen atoms in total. The normalized spacial score (nSPS) is 19.0. The van der Waals surface area contributed by atoms with Gasteiger partial charge in [-0.1, -0.05) is 0 Å². The van der Waals surface area contributed by atoms with E-state index in [9.17, 15) is 8.78 Å². The van der Waals surface area contributed by atoms with Gasteiger partial charge in [-0.25, -0.2) is 9.97 Å². The molecule has 26 heavy (non-hydrogen) atoms. The Kier molecular flexibility index (Phi) is 3.20. The number of ether oxygens (including phenoxy) is 2. The predicted octanol–water partition coefficient (Wildman–Crippen LogP) is 1.82. The van der Waals surface area contributed by atoms with E-state index < -0.39 is 6.29 Å². The Hall–Kier alpha value is -2.75. The summed E-state index contributed by atoms with van der Waals surface area (Å²) in [5, 5.41) is 4.94. The number of alkyl halides is 2. The molecule has 0 amide bonds. The number of hydrogen-bond donors (Lipinski definition) is 1. The monoisotopic (exact) mass is 362 g/mol. The van der Waals surface area contributed by atoms with Gasteiger partial charge >= 0.3 is 6.29 Å². The first-order valence-corrected chi connectivity index (χ1v) is 8.46. The zero-order valence-corrected chi connectivity index (χ0v) is 13.8. The SMILES string of the molecule is Nc1nc2c3c(ccc2c2nc(CCN4CCCC4)nn12)OC(F)(F)O3. The summed E-state index contributed by atoms with van der Waals surface area (Å²) in [7, 11) is 0. The van der Waals surface area contributed by atoms with E-state index in [4.69, 9.17) is 5.73 Å². The van der Waals surface area contributed by atoms with Gasteiger partial charge in [-0.2, -0.15) is 4.52 Å². The Morgan fingerprint density at radius 3 is 2.77 bits per heavy atom. The minimum atomic E-state index is -3.71. The highest BCUT2D eigenvalue weighted by Crippen LogP contribution is 2.45. The molecule has 0 radical (unpaired) electrons. The lowest BCUT2D eigenvalue weighted by molar-refractivity contribution is -0.286. The number of nitrogens with two attached hydrogens (primary N) is 1. The summed E-state index contributed by atoms with van der Waals surface area (Å²) in [6.45, 7) is 3.07. The molecule has 0 unspecified atom stereocenters. The van der Waals surface area contributed by atoms with Crippen LogP contribution in [0.1, 0.15) is 18.7 Å². The van der Waals surface area contributed by atoms with Crippen LogP contribution >= 0.6 is 0 Å². The summed E-state index contributed by atoms with van der Waals surface area (Å²) >= 11 is 0. The lowest BCUT2D eigenvalue weighted by Gasteiger charge is -2.12. The van der Waals surface area contributed by atoms with Gasteiger partial charge in [0.05, 0.1) is 0 Å². The van der Waals surface area contributed by atoms with Gasteiger partial charge in [-0.15, -0.1) is 13.9 Å². The minimum absolute atomic E-state index is 0.0552. The maximum Gasteiger partial charge on any atom is 0.586 e. The molecule has 2 aromatic heterocycles. The molecule has 1 fully saturated rings. The smallest absolute Gasteiger partial charge is 0.395 e. The van der Waals surface area contributed by atoms with Crippen LogP contribution in [0.25, 0.3) is 16.6 Å². The summed E-state index contributed by atoms with van der Waals surface area (Å²) < 4.78 is 37.3. The molecule has 2 aliphatic rings. The number of nitrogens with zero attached hydrogens (tertiary/aromatic N) is 5. The molecule has 0 saturated carbocycles. The molecule has 0 aliphatic carbocycles. The van der Waals surface area contributed by atoms with Crippen molar-refractivity contribution in [3.05, 3.63) is 18.0 Å². The highest BCUT2D eigenvalue weighted by Gasteiger charge is 2.44. The van der Waals surface area contributed by atoms with Gasteiger partial charge in [0.25, 0.3) is 0 Å². The fourth-order valence-corrected chi connectivity index (χ4v) is 3.51. The van der Waals surface area contributed by atoms with Gasteiger partial charge in [0.1, 0.15) is 5.52 Å². The highest BCUT2D eigenvalue weighted by atomic mass is 19.3. The summed E-state index contributed by atoms with van der Waals surface area (Å²) in [5.41, 5.74) is 6.62. The van der Waals surface area contributed by atoms with Crippen LogP contribution in [0.15, 0.2) is 12.1 Å². The summed E-state index contributed by atoms with van der Waals surface area (Å²) in [6, 6.07) is 3.02. The van der Waals surface area contributed by atoms with E-state index in [1.165, 1.54) is 23.4 Å². The van der Waals surface area contributed by atoms with Crippen LogP contribution in [0, 0.1) is 0 Å². The third kappa shape index (κ3) is 2.40. The number of likely N-dealkylation sites (tertiary alicyclic amines) is 1. The third-order valence-electron chi connectivity index (χ3n) is 4.73. The van der Waals surface area contributed by atoms with E-state index in [0.29, 0.717) is 23.3 Å². The second-order valence-corrected chi connectivity index (χ2v) is 6.49. The Morgan fingerprint density at radius 1 is 1.15 bits per heavy atom. The molecule has 0 atom stereocenters. The van der Waals surface area contributed by atoms with E-state index in [2.05, 4.69) is 29.4 Å². The molecule has 0 spiro atoms. The van der Waals surface area contributed by atoms with Crippen LogP contribution in [-0.2, 0) is 6.42 Å². The average Bonchev–Trinajstić information content (AvgIpc) is 3.29. The number of benzene rings is 1. The van der Waals surface area contributed by atoms with E-state index in [0.717, 1.165) is 19.6 Å². The molecule has 3 aromatic rings. The second-order valence-electron chi connectivity index (χ2n) is 6.49. The number of hydrogen-bond acceptors (Lipinski definition) is 7. The number of halogens is 2. The molecular formula is C16H16F2N6O2. The number of anilines is 1. The van der Waals surface area contributed by atoms with Gasteiger partial charge in [-0.05, 0) is 38.1 Å². The second kappa shape index (κ2) is 5.37. The zero-order chi connectivity index (χ0) is 17.9. The number of aromatic nitrogens is 4. The maximum atomic E-state index is 13.4. The van der Waals surface area contributed by atoms with Crippen molar-refractivity contribution in [1.29, 1.82) is 0 Å². The van der Waals surface area contributed by atoms with Gasteiger partial charge in [-0.3, -0.25) is 0 Å². The molecule has 5 rings (SSSR count). The van der Waals surface area contributed by atoms with Crippen molar-refractivity contribution in [1.82, 2.24) is 24.5 Å². The molecule has 2 N–H and O–H groups in total. The van der Waals surface area contributed by atoms with Crippen molar-refractivity contribution in [3.63, 3.8) is 0 Å². The molecule has 1 aromatic carbocycles. The number of fused-ring (bicyclic) bond motifs is 5. The van der Waals surface area contributed by atoms with E-state index >= 15 is 0 Å². The minimum Gasteiger partial charge on any atom is -0.395 e. The van der Waals surface area contributed by atoms with Crippen LogP contribution in [0.2, 0.25) is 0 Å². The Balaban J connectivity index is 1.57. The largest absolute Gasteiger partial charge is 0.586 e. The van der Waals surface area contributed by atoms with Crippen LogP contribution < -0.4 is 15.2 Å². The molecule has 0 bridgehead atoms. The summed E-state index contributed by atoms with van der Waals surface area (Å²) in [4.78, 5) is 11.1. The molecule has 136 valence electrons. The van der Waals surface area contributed by atoms with E-state index in [-0.39, 0.29) is 23.0 Å². The average molecular weight is 362 g/mol. The quantitative estimate of drug-likeness (QED) is 0.760. The standard InChI is InChI=1S/C16H16F2N6O2/c17-16(18)25-10-4-3-9-12(13(10)26-16)21-15(19)24-14(9)20-11(22-24)5-8-23-6-1-2-7-23/h3-4H,1-2,5-8H2,(H2,19,21). The van der Waals surface area contributed by atoms with Gasteiger partial charge < -0.3 is 20.1 Å². The van der Waals surface area contributed by atoms with Gasteiger partial charge in [0.15, 0.2) is 23.0 Å². The van der Waals surface area contributed by atoms with Crippen molar-refractivity contribution in [2.45, 2.75) is 25.6 Å². The third-order valence-corrected chi connectivity index (χ3v) is 4.73. The van der Waals surface area contributed by atoms with Crippen molar-refractivity contribution in [2.24, 2.45) is 0 Å². The van der Waals surface area contributed by atoms with Crippen molar-refractivity contribution < 1.29 is 18.3 Å². The Morgan fingerprint density at radius 2 is 1.96 bits per heavy atom. The van der Waals surface area contributed by atoms with Gasteiger partial charge in [0, 0.05) is 18.4 Å². The zero-order valence-electron chi connectivity index (χ0n) is 13.8. The Labute approximate surface area is 146 Å². The first kappa shape index (κ1) is 15.5. The summed E-state index contributed by atoms with van der Waals surface area (Å²) in [5.74, 6) is 0.483. The molecule has 4 heterocycles. The van der Waals surface area contributed by atoms with E-state index in [1.54, 1.807) is 6.07 Å². The lowest BCUT2D eigenvalue weighted by atomic mass is 10.2. The first-order valence-electron chi connectivity index (χ1n) is 8.46. The predicted molar refractivity (Wildman–Crippen MR) is 88.3 cm³/mol.